The fraction of sp³-hybridized carbons (Fsp3) is 0.624. The predicted octanol–water partition coefficient (Wildman–Crippen LogP) is 9.13. The number of carbonyl (C=O) groups excluding carboxylic acids is 11. The van der Waals surface area contributed by atoms with Crippen molar-refractivity contribution in [2.24, 2.45) is 0 Å². The number of carbonyl (C=O) groups is 9. The van der Waals surface area contributed by atoms with Gasteiger partial charge in [-0.25, -0.2) is 4.79 Å². The monoisotopic (exact) mass is 1900 g/mol. The molecule has 0 radical (unpaired) electrons. The Morgan fingerprint density at radius 3 is 1.25 bits per heavy atom. The molecule has 32 nitrogen and oxygen atoms in total. The molecule has 0 saturated carbocycles. The number of alkyl carbamates (subject to hydrolysis) is 1. The molecule has 0 aromatic heterocycles. The summed E-state index contributed by atoms with van der Waals surface area (Å²) in [4.78, 5) is 133. The Balaban J connectivity index is 0.000000341. The van der Waals surface area contributed by atoms with E-state index < -0.39 is 217 Å². The molecule has 0 bridgehead atoms. The van der Waals surface area contributed by atoms with Gasteiger partial charge in [0.25, 0.3) is 0 Å². The van der Waals surface area contributed by atoms with E-state index in [1.54, 1.807) is 6.92 Å². The summed E-state index contributed by atoms with van der Waals surface area (Å²) in [6, 6.07) is 7.11. The molecule has 4 aromatic carbocycles. The summed E-state index contributed by atoms with van der Waals surface area (Å²) in [7, 11) is 0. The third-order valence-corrected chi connectivity index (χ3v) is 25.5. The van der Waals surface area contributed by atoms with Crippen molar-refractivity contribution in [1.82, 2.24) is 10.6 Å². The maximum Gasteiger partial charge on any atom is 0.407 e. The van der Waals surface area contributed by atoms with E-state index >= 15 is 0 Å². The second-order valence-electron chi connectivity index (χ2n) is 35.6. The molecule has 33 heteroatoms. The Bertz CT molecular complexity index is 4590. The van der Waals surface area contributed by atoms with Crippen molar-refractivity contribution in [2.75, 3.05) is 33.0 Å². The fourth-order valence-corrected chi connectivity index (χ4v) is 18.0. The minimum absolute atomic E-state index is 0. The minimum Gasteiger partial charge on any atom is -1.00 e. The lowest BCUT2D eigenvalue weighted by molar-refractivity contribution is -0.466. The van der Waals surface area contributed by atoms with Crippen LogP contribution in [0.4, 0.5) is 4.79 Å². The van der Waals surface area contributed by atoms with Crippen molar-refractivity contribution in [2.45, 2.75) is 371 Å². The summed E-state index contributed by atoms with van der Waals surface area (Å²) >= 11 is 0. The molecule has 0 unspecified atom stereocenters. The summed E-state index contributed by atoms with van der Waals surface area (Å²) in [5, 5.41) is 135. The molecule has 4 aromatic rings. The number of aliphatic hydroxyl groups excluding tert-OH is 6. The van der Waals surface area contributed by atoms with Crippen LogP contribution in [0, 0.1) is 0 Å². The third-order valence-electron chi connectivity index (χ3n) is 25.5. The van der Waals surface area contributed by atoms with Gasteiger partial charge in [-0.15, -0.1) is 0 Å². The summed E-state index contributed by atoms with van der Waals surface area (Å²) in [6.45, 7) is 7.60. The lowest BCUT2D eigenvalue weighted by Gasteiger charge is -2.43. The molecule has 2 heterocycles. The smallest absolute Gasteiger partial charge is 0.407 e. The lowest BCUT2D eigenvalue weighted by Crippen LogP contribution is -3.00. The number of allylic oxidation sites excluding steroid dienone is 4. The average molecular weight is 1900 g/mol. The number of hydrogen-bond donors (Lipinski definition) is 15. The molecular formula is C101H144ClN3O29. The van der Waals surface area contributed by atoms with Crippen molar-refractivity contribution in [3.8, 4) is 23.0 Å². The number of halogens is 1. The Morgan fingerprint density at radius 1 is 0.485 bits per heavy atom. The van der Waals surface area contributed by atoms with Crippen molar-refractivity contribution in [3.63, 3.8) is 0 Å². The molecule has 4 aliphatic carbocycles. The summed E-state index contributed by atoms with van der Waals surface area (Å²) in [5.74, 6) is -8.63. The number of aromatic hydroxyl groups is 4. The number of rotatable bonds is 50. The molecule has 0 spiro atoms. The molecule has 2 amide bonds. The van der Waals surface area contributed by atoms with Crippen molar-refractivity contribution in [1.29, 1.82) is 0 Å². The molecule has 6 aliphatic rings. The molecule has 12 atom stereocenters. The van der Waals surface area contributed by atoms with Gasteiger partial charge in [-0.1, -0.05) is 203 Å². The van der Waals surface area contributed by atoms with Crippen LogP contribution in [0.15, 0.2) is 60.7 Å². The van der Waals surface area contributed by atoms with E-state index in [9.17, 15) is 104 Å². The molecule has 744 valence electrons. The number of esters is 1. The maximum absolute atomic E-state index is 13.9. The highest BCUT2D eigenvalue weighted by molar-refractivity contribution is 6.32. The first-order valence-electron chi connectivity index (χ1n) is 48.0. The van der Waals surface area contributed by atoms with Crippen LogP contribution in [0.25, 0.3) is 0 Å². The molecular weight excluding hydrogens is 1750 g/mol. The topological polar surface area (TPSA) is 538 Å². The number of benzene rings is 4. The SMILES string of the molecule is CCCCCCCC/C=C\CCCCCCCCOC(=O)CCCC.CCCCCCCC/C=C\CCCCCCCCOC(=O)NCCCC(=O)N[C@H]1C[C@H](O[C@H]2C[C@](O)(C(=O)CO)Cc3c(O)c4c(c(O)c32)C(=O)c2c(CO)cccc2C4=O)O[C@@H](C)[C@H]1O.C[C@@H]1O[C@@H](O[C@H]2C[C@](O)(C(=O)CO)Cc3c(O)c4c(c(O)c32)C(=O)c2c(CO)cccc2C4=O)C[C@H]([NH3+])[C@@H]1O.O=C=O.[Cl-]. The van der Waals surface area contributed by atoms with Gasteiger partial charge in [0.15, 0.2) is 47.3 Å². The van der Waals surface area contributed by atoms with Crippen LogP contribution in [0.3, 0.4) is 0 Å². The second-order valence-corrected chi connectivity index (χ2v) is 35.6. The zero-order valence-electron chi connectivity index (χ0n) is 78.5. The number of unbranched alkanes of at least 4 members (excludes halogenated alkanes) is 25. The van der Waals surface area contributed by atoms with E-state index in [4.69, 9.17) is 38.0 Å². The molecule has 17 N–H and O–H groups in total. The van der Waals surface area contributed by atoms with Crippen molar-refractivity contribution >= 4 is 58.8 Å². The maximum atomic E-state index is 13.9. The van der Waals surface area contributed by atoms with Gasteiger partial charge in [-0.05, 0) is 102 Å². The normalized spacial score (nSPS) is 21.9. The summed E-state index contributed by atoms with van der Waals surface area (Å²) < 4.78 is 34.4. The molecule has 2 saturated heterocycles. The zero-order chi connectivity index (χ0) is 97.3. The van der Waals surface area contributed by atoms with E-state index in [1.807, 2.05) is 0 Å². The summed E-state index contributed by atoms with van der Waals surface area (Å²) in [6.07, 6.45) is 35.8. The first-order chi connectivity index (χ1) is 63.9. The fourth-order valence-electron chi connectivity index (χ4n) is 18.0. The third kappa shape index (κ3) is 31.8. The number of hydrogen-bond acceptors (Lipinski definition) is 29. The van der Waals surface area contributed by atoms with E-state index in [0.717, 1.165) is 51.4 Å². The number of ketones is 6. The number of phenols is 4. The van der Waals surface area contributed by atoms with Gasteiger partial charge in [0, 0.05) is 96.0 Å². The number of aliphatic hydroxyl groups is 8. The van der Waals surface area contributed by atoms with Crippen LogP contribution in [-0.2, 0) is 83.2 Å². The Hall–Kier alpha value is -9.06. The van der Waals surface area contributed by atoms with Crippen LogP contribution in [0.2, 0.25) is 0 Å². The average Bonchev–Trinajstić information content (AvgIpc) is 0.713. The van der Waals surface area contributed by atoms with Gasteiger partial charge in [-0.2, -0.15) is 9.59 Å². The number of nitrogens with one attached hydrogen (secondary N) is 2. The molecule has 10 rings (SSSR count). The largest absolute Gasteiger partial charge is 1.00 e. The number of Topliss-reactive ketones (excluding diaryl/α,β-unsaturated/α-hetero) is 2. The number of ether oxygens (including phenoxy) is 6. The van der Waals surface area contributed by atoms with E-state index in [2.05, 4.69) is 61.4 Å². The number of fused-ring (bicyclic) bond motifs is 6. The van der Waals surface area contributed by atoms with Gasteiger partial charge in [-0.3, -0.25) is 38.4 Å². The quantitative estimate of drug-likeness (QED) is 0.00732. The van der Waals surface area contributed by atoms with Crippen molar-refractivity contribution in [3.05, 3.63) is 139 Å². The molecule has 134 heavy (non-hydrogen) atoms. The van der Waals surface area contributed by atoms with Gasteiger partial charge in [0.1, 0.15) is 65.7 Å². The Morgan fingerprint density at radius 2 is 0.858 bits per heavy atom. The Kier molecular flexibility index (Phi) is 49.6. The van der Waals surface area contributed by atoms with Crippen LogP contribution in [0.1, 0.15) is 381 Å². The van der Waals surface area contributed by atoms with Gasteiger partial charge in [0.2, 0.25) is 5.91 Å². The van der Waals surface area contributed by atoms with Crippen LogP contribution < -0.4 is 28.8 Å². The first-order valence-corrected chi connectivity index (χ1v) is 48.0. The standard InChI is InChI=1S/C50H70N2O14.C27H29NO11.C23H44O2.CO2.ClH/c1-3-4-5-6-7-8-9-10-11-12-13-14-15-16-17-18-25-64-49(62)51-24-20-23-38(56)52-35-26-39(65-31(2)44(35)57)66-36-28-50(63,37(55)30-54)27-34-41(36)48(61)43-42(46(34)59)45(58)33-22-19-21-32(29-53)40(33)47(43)60;1-10-22(32)14(28)5-17(38-10)39-15-7-27(37,16(31)9-30)6-13-19(15)26(36)21-20(24(13)34)23(33)12-4-2-3-11(8-29)18(12)25(21)35;1-3-5-7-8-9-10-11-12-13-14-15-16-17-18-19-20-22-25-23(24)21-6-4-2;2-1-3;/h10-11,19,21-22,31,35-36,39,44,53-54,57,59,61,63H,3-9,12-18,20,23-30H2,1-2H3,(H,51,62)(H,52,56);2-4,10,14-15,17,22,29-30,32,34,36-37H,5-9,28H2,1H3;12-13H,3-11,14-22H2,1-2H3;;1H/b11-10-;;13-12-;;/t31-,35-,36-,39-,44+,50-;10-,14-,15-,17-,22+,27-;;;/m00.../s1. The highest BCUT2D eigenvalue weighted by Crippen LogP contribution is 2.55. The van der Waals surface area contributed by atoms with Gasteiger partial charge < -0.3 is 118 Å². The van der Waals surface area contributed by atoms with E-state index in [-0.39, 0.29) is 112 Å². The number of amides is 2. The number of quaternary nitrogens is 1. The van der Waals surface area contributed by atoms with Gasteiger partial charge >= 0.3 is 18.2 Å². The number of phenolic OH excluding ortho intramolecular Hbond substituents is 4. The van der Waals surface area contributed by atoms with Crippen molar-refractivity contribution < 1.29 is 161 Å². The zero-order valence-corrected chi connectivity index (χ0v) is 79.2. The van der Waals surface area contributed by atoms with Crippen LogP contribution in [-0.4, -0.2) is 213 Å². The van der Waals surface area contributed by atoms with Crippen LogP contribution in [0.5, 0.6) is 23.0 Å². The van der Waals surface area contributed by atoms with E-state index in [0.29, 0.717) is 19.6 Å². The second kappa shape index (κ2) is 58.5. The highest BCUT2D eigenvalue weighted by atomic mass is 35.5. The van der Waals surface area contributed by atoms with Gasteiger partial charge in [0.05, 0.1) is 85.6 Å². The highest BCUT2D eigenvalue weighted by Gasteiger charge is 2.53. The Labute approximate surface area is 791 Å². The molecule has 2 fully saturated rings. The van der Waals surface area contributed by atoms with E-state index in [1.165, 1.54) is 185 Å². The van der Waals surface area contributed by atoms with Crippen LogP contribution >= 0.6 is 0 Å². The molecule has 2 aliphatic heterocycles. The predicted molar refractivity (Wildman–Crippen MR) is 488 cm³/mol. The minimum atomic E-state index is -2.36. The first kappa shape index (κ1) is 114. The summed E-state index contributed by atoms with van der Waals surface area (Å²) in [5.41, 5.74) is -3.74. The lowest BCUT2D eigenvalue weighted by atomic mass is 9.71.